The van der Waals surface area contributed by atoms with Gasteiger partial charge in [-0.3, -0.25) is 0 Å². The van der Waals surface area contributed by atoms with E-state index < -0.39 is 0 Å². The van der Waals surface area contributed by atoms with Gasteiger partial charge in [-0.05, 0) is 338 Å². The molecule has 24 rings (SSSR count). The van der Waals surface area contributed by atoms with Crippen LogP contribution in [-0.2, 0) is 0 Å². The van der Waals surface area contributed by atoms with Crippen molar-refractivity contribution in [1.82, 2.24) is 0 Å². The third-order valence-corrected chi connectivity index (χ3v) is 27.9. The van der Waals surface area contributed by atoms with Gasteiger partial charge in [0, 0.05) is 135 Å². The van der Waals surface area contributed by atoms with E-state index in [2.05, 4.69) is 649 Å². The number of para-hydroxylation sites is 4. The standard InChI is InChI=1S/2C70H54N4/c2*1-51-27-35-59(36-28-51)71(57-19-5-3-6-20-57)61-43-47-65(48-44-61)73(69-25-13-17-55-15-9-11-23-67(55)69)63-39-31-53(32-40-63)54-33-41-64(42-34-54)74(70-26-14-18-56-16-10-12-24-68(56)70)66-49-45-62(46-50-66)72(58-21-7-4-8-22-58)60-37-29-52(2)30-38-60/h2*3-50H,1-2H3. The average Bonchev–Trinajstić information content (AvgIpc) is 0.775. The van der Waals surface area contributed by atoms with Gasteiger partial charge in [0.2, 0.25) is 0 Å². The summed E-state index contributed by atoms with van der Waals surface area (Å²) >= 11 is 0. The zero-order valence-electron chi connectivity index (χ0n) is 83.0. The second-order valence-corrected chi connectivity index (χ2v) is 37.6. The maximum absolute atomic E-state index is 2.38. The molecule has 0 amide bonds. The third kappa shape index (κ3) is 19.5. The largest absolute Gasteiger partial charge is 0.311 e. The Labute approximate surface area is 867 Å². The molecule has 0 saturated carbocycles. The molecule has 24 aromatic rings. The lowest BCUT2D eigenvalue weighted by Crippen LogP contribution is -2.12. The smallest absolute Gasteiger partial charge is 0.0540 e. The van der Waals surface area contributed by atoms with Crippen molar-refractivity contribution in [1.29, 1.82) is 0 Å². The van der Waals surface area contributed by atoms with E-state index in [1.807, 2.05) is 0 Å². The van der Waals surface area contributed by atoms with Crippen molar-refractivity contribution in [3.05, 3.63) is 605 Å². The number of rotatable bonds is 26. The van der Waals surface area contributed by atoms with Crippen LogP contribution in [0, 0.1) is 27.7 Å². The molecule has 0 N–H and O–H groups in total. The molecule has 148 heavy (non-hydrogen) atoms. The van der Waals surface area contributed by atoms with Crippen LogP contribution in [0.2, 0.25) is 0 Å². The first kappa shape index (κ1) is 92.4. The van der Waals surface area contributed by atoms with E-state index in [1.54, 1.807) is 0 Å². The van der Waals surface area contributed by atoms with Crippen molar-refractivity contribution in [2.45, 2.75) is 27.7 Å². The summed E-state index contributed by atoms with van der Waals surface area (Å²) in [4.78, 5) is 18.8. The van der Waals surface area contributed by atoms with Gasteiger partial charge in [0.1, 0.15) is 0 Å². The van der Waals surface area contributed by atoms with Gasteiger partial charge in [0.05, 0.1) is 22.7 Å². The van der Waals surface area contributed by atoms with Crippen LogP contribution in [0.15, 0.2) is 582 Å². The number of benzene rings is 24. The summed E-state index contributed by atoms with van der Waals surface area (Å²) in [6, 6.07) is 210. The van der Waals surface area contributed by atoms with Gasteiger partial charge in [-0.1, -0.05) is 338 Å². The maximum atomic E-state index is 2.38. The Balaban J connectivity index is 0.000000163. The highest BCUT2D eigenvalue weighted by molar-refractivity contribution is 6.04. The molecule has 8 heteroatoms. The molecule has 0 spiro atoms. The Morgan fingerprint density at radius 2 is 0.216 bits per heavy atom. The molecule has 0 atom stereocenters. The molecular formula is C140H108N8. The molecule has 0 fully saturated rings. The van der Waals surface area contributed by atoms with Gasteiger partial charge >= 0.3 is 0 Å². The predicted molar refractivity (Wildman–Crippen MR) is 630 cm³/mol. The summed E-state index contributed by atoms with van der Waals surface area (Å²) in [7, 11) is 0. The Kier molecular flexibility index (Phi) is 26.3. The Bertz CT molecular complexity index is 7620. The lowest BCUT2D eigenvalue weighted by molar-refractivity contribution is 1.26. The zero-order valence-corrected chi connectivity index (χ0v) is 83.0. The van der Waals surface area contributed by atoms with Crippen LogP contribution < -0.4 is 39.2 Å². The molecule has 0 radical (unpaired) electrons. The summed E-state index contributed by atoms with van der Waals surface area (Å²) < 4.78 is 0. The third-order valence-electron chi connectivity index (χ3n) is 27.9. The fourth-order valence-electron chi connectivity index (χ4n) is 20.4. The summed E-state index contributed by atoms with van der Waals surface area (Å²) in [5.74, 6) is 0. The van der Waals surface area contributed by atoms with Gasteiger partial charge in [-0.25, -0.2) is 0 Å². The molecule has 8 nitrogen and oxygen atoms in total. The molecule has 24 aromatic carbocycles. The SMILES string of the molecule is Cc1ccc(N(c2ccccc2)c2ccc(N(c3ccc(-c4ccc(N(c5ccc(N(c6ccccc6)c6ccc(C)cc6)cc5)c5cccc6ccccc56)cc4)cc3)c3cccc4ccccc34)cc2)cc1.Cc1ccc(N(c2ccccc2)c2ccc(N(c3ccc(-c4ccc(N(c5ccc(N(c6ccccc6)c6ccc(C)cc6)cc5)c5cccc6ccccc56)cc4)cc3)c3cccc4ccccc34)cc2)cc1. The highest BCUT2D eigenvalue weighted by Gasteiger charge is 2.26. The number of nitrogens with zero attached hydrogens (tertiary/aromatic N) is 8. The van der Waals surface area contributed by atoms with Gasteiger partial charge in [-0.2, -0.15) is 0 Å². The number of aryl methyl sites for hydroxylation is 4. The number of hydrogen-bond acceptors (Lipinski definition) is 8. The summed E-state index contributed by atoms with van der Waals surface area (Å²) in [6.07, 6.45) is 0. The van der Waals surface area contributed by atoms with Gasteiger partial charge < -0.3 is 39.2 Å². The molecule has 0 heterocycles. The van der Waals surface area contributed by atoms with Crippen molar-refractivity contribution in [3.63, 3.8) is 0 Å². The van der Waals surface area contributed by atoms with E-state index in [4.69, 9.17) is 0 Å². The van der Waals surface area contributed by atoms with Crippen molar-refractivity contribution in [3.8, 4) is 22.3 Å². The van der Waals surface area contributed by atoms with E-state index >= 15 is 0 Å². The Hall–Kier alpha value is -19.3. The Morgan fingerprint density at radius 3 is 0.385 bits per heavy atom. The van der Waals surface area contributed by atoms with Gasteiger partial charge in [0.15, 0.2) is 0 Å². The minimum atomic E-state index is 1.07. The molecule has 0 aromatic heterocycles. The van der Waals surface area contributed by atoms with Crippen molar-refractivity contribution < 1.29 is 0 Å². The lowest BCUT2D eigenvalue weighted by atomic mass is 10.0. The minimum Gasteiger partial charge on any atom is -0.311 e. The normalized spacial score (nSPS) is 11.1. The van der Waals surface area contributed by atoms with Gasteiger partial charge in [-0.15, -0.1) is 0 Å². The van der Waals surface area contributed by atoms with E-state index in [1.165, 1.54) is 65.3 Å². The monoisotopic (exact) mass is 1900 g/mol. The number of anilines is 24. The van der Waals surface area contributed by atoms with Crippen LogP contribution in [0.3, 0.4) is 0 Å². The fraction of sp³-hybridized carbons (Fsp3) is 0.0286. The van der Waals surface area contributed by atoms with Crippen LogP contribution in [0.4, 0.5) is 136 Å². The summed E-state index contributed by atoms with van der Waals surface area (Å²) in [5, 5.41) is 9.55. The van der Waals surface area contributed by atoms with Crippen molar-refractivity contribution in [2.24, 2.45) is 0 Å². The topological polar surface area (TPSA) is 25.9 Å². The average molecular weight is 1900 g/mol. The molecule has 0 aliphatic rings. The van der Waals surface area contributed by atoms with E-state index in [0.29, 0.717) is 0 Å². The Morgan fingerprint density at radius 1 is 0.0946 bits per heavy atom. The highest BCUT2D eigenvalue weighted by Crippen LogP contribution is 2.50. The van der Waals surface area contributed by atoms with Crippen LogP contribution in [0.25, 0.3) is 65.3 Å². The first-order valence-corrected chi connectivity index (χ1v) is 50.7. The second kappa shape index (κ2) is 42.1. The van der Waals surface area contributed by atoms with Crippen LogP contribution in [0.5, 0.6) is 0 Å². The number of fused-ring (bicyclic) bond motifs is 4. The van der Waals surface area contributed by atoms with Gasteiger partial charge in [0.25, 0.3) is 0 Å². The van der Waals surface area contributed by atoms with E-state index in [0.717, 1.165) is 159 Å². The first-order chi connectivity index (χ1) is 73.0. The lowest BCUT2D eigenvalue weighted by Gasteiger charge is -2.29. The molecular weight excluding hydrogens is 1790 g/mol. The zero-order chi connectivity index (χ0) is 99.6. The minimum absolute atomic E-state index is 1.07. The molecule has 0 aliphatic carbocycles. The van der Waals surface area contributed by atoms with Crippen LogP contribution in [0.1, 0.15) is 22.3 Å². The van der Waals surface area contributed by atoms with Crippen molar-refractivity contribution >= 4 is 180 Å². The second-order valence-electron chi connectivity index (χ2n) is 37.6. The van der Waals surface area contributed by atoms with Crippen LogP contribution in [-0.4, -0.2) is 0 Å². The molecule has 708 valence electrons. The molecule has 0 bridgehead atoms. The first-order valence-electron chi connectivity index (χ1n) is 50.7. The van der Waals surface area contributed by atoms with E-state index in [-0.39, 0.29) is 0 Å². The van der Waals surface area contributed by atoms with Crippen molar-refractivity contribution in [2.75, 3.05) is 39.2 Å². The highest BCUT2D eigenvalue weighted by atomic mass is 15.2. The number of hydrogen-bond donors (Lipinski definition) is 0. The quantitative estimate of drug-likeness (QED) is 0.0529. The molecule has 0 unspecified atom stereocenters. The maximum Gasteiger partial charge on any atom is 0.0540 e. The predicted octanol–water partition coefficient (Wildman–Crippen LogP) is 40.3. The molecule has 0 aliphatic heterocycles. The van der Waals surface area contributed by atoms with E-state index in [9.17, 15) is 0 Å². The summed E-state index contributed by atoms with van der Waals surface area (Å²) in [6.45, 7) is 8.52. The van der Waals surface area contributed by atoms with Crippen LogP contribution >= 0.6 is 0 Å². The summed E-state index contributed by atoms with van der Waals surface area (Å²) in [5.41, 5.74) is 35.8. The molecule has 0 saturated heterocycles. The fourth-order valence-corrected chi connectivity index (χ4v) is 20.4.